The van der Waals surface area contributed by atoms with Gasteiger partial charge in [-0.25, -0.2) is 0 Å². The van der Waals surface area contributed by atoms with Crippen LogP contribution in [0.25, 0.3) is 0 Å². The highest BCUT2D eigenvalue weighted by molar-refractivity contribution is 9.10. The molecular weight excluding hydrogens is 340 g/mol. The van der Waals surface area contributed by atoms with Gasteiger partial charge in [-0.05, 0) is 42.7 Å². The lowest BCUT2D eigenvalue weighted by molar-refractivity contribution is 0.312. The van der Waals surface area contributed by atoms with Gasteiger partial charge >= 0.3 is 0 Å². The molecule has 2 rings (SSSR count). The van der Waals surface area contributed by atoms with Gasteiger partial charge in [-0.2, -0.15) is 8.42 Å². The van der Waals surface area contributed by atoms with E-state index in [0.29, 0.717) is 6.42 Å². The van der Waals surface area contributed by atoms with Crippen molar-refractivity contribution in [3.05, 3.63) is 64.6 Å². The van der Waals surface area contributed by atoms with Crippen molar-refractivity contribution in [1.29, 1.82) is 0 Å². The maximum atomic E-state index is 11.9. The van der Waals surface area contributed by atoms with E-state index < -0.39 is 10.1 Å². The van der Waals surface area contributed by atoms with Gasteiger partial charge in [0.2, 0.25) is 0 Å². The summed E-state index contributed by atoms with van der Waals surface area (Å²) in [5.74, 6) is 0. The molecule has 0 aliphatic heterocycles. The Balaban J connectivity index is 1.85. The first-order valence-electron chi connectivity index (χ1n) is 6.27. The van der Waals surface area contributed by atoms with Crippen LogP contribution in [0.3, 0.4) is 0 Å². The lowest BCUT2D eigenvalue weighted by Crippen LogP contribution is -2.08. The summed E-state index contributed by atoms with van der Waals surface area (Å²) in [6, 6.07) is 16.3. The van der Waals surface area contributed by atoms with Crippen molar-refractivity contribution < 1.29 is 12.6 Å². The summed E-state index contributed by atoms with van der Waals surface area (Å²) < 4.78 is 29.7. The lowest BCUT2D eigenvalue weighted by Gasteiger charge is -2.06. The molecule has 0 N–H and O–H groups in total. The van der Waals surface area contributed by atoms with E-state index in [4.69, 9.17) is 4.18 Å². The Morgan fingerprint density at radius 1 is 0.950 bits per heavy atom. The van der Waals surface area contributed by atoms with E-state index in [1.165, 1.54) is 17.7 Å². The van der Waals surface area contributed by atoms with E-state index in [0.717, 1.165) is 10.9 Å². The van der Waals surface area contributed by atoms with Gasteiger partial charge in [0.25, 0.3) is 10.1 Å². The molecule has 106 valence electrons. The van der Waals surface area contributed by atoms with Gasteiger partial charge in [-0.1, -0.05) is 46.3 Å². The predicted molar refractivity (Wildman–Crippen MR) is 82.0 cm³/mol. The van der Waals surface area contributed by atoms with Gasteiger partial charge in [0.15, 0.2) is 0 Å². The summed E-state index contributed by atoms with van der Waals surface area (Å²) in [6.45, 7) is 0.188. The number of halogens is 1. The van der Waals surface area contributed by atoms with E-state index in [1.807, 2.05) is 30.3 Å². The number of rotatable bonds is 6. The van der Waals surface area contributed by atoms with E-state index in [9.17, 15) is 8.42 Å². The number of aryl methyl sites for hydroxylation is 1. The van der Waals surface area contributed by atoms with Crippen molar-refractivity contribution in [2.45, 2.75) is 17.7 Å². The molecule has 0 saturated heterocycles. The van der Waals surface area contributed by atoms with E-state index in [2.05, 4.69) is 15.9 Å². The Morgan fingerprint density at radius 2 is 1.60 bits per heavy atom. The standard InChI is InChI=1S/C15H15BrO3S/c16-14-8-10-15(11-9-14)20(17,18)19-12-4-7-13-5-2-1-3-6-13/h1-3,5-6,8-11H,4,7,12H2. The maximum absolute atomic E-state index is 11.9. The molecular formula is C15H15BrO3S. The zero-order valence-electron chi connectivity index (χ0n) is 10.8. The number of hydrogen-bond donors (Lipinski definition) is 0. The van der Waals surface area contributed by atoms with Gasteiger partial charge < -0.3 is 0 Å². The molecule has 0 amide bonds. The predicted octanol–water partition coefficient (Wildman–Crippen LogP) is 3.79. The first-order chi connectivity index (χ1) is 9.58. The Hall–Kier alpha value is -1.17. The second-order valence-corrected chi connectivity index (χ2v) is 6.85. The Kier molecular flexibility index (Phi) is 5.34. The highest BCUT2D eigenvalue weighted by Gasteiger charge is 2.14. The molecule has 0 atom stereocenters. The van der Waals surface area contributed by atoms with Gasteiger partial charge in [0.1, 0.15) is 0 Å². The van der Waals surface area contributed by atoms with Crippen molar-refractivity contribution in [2.24, 2.45) is 0 Å². The quantitative estimate of drug-likeness (QED) is 0.585. The minimum atomic E-state index is -3.65. The van der Waals surface area contributed by atoms with Gasteiger partial charge in [0, 0.05) is 4.47 Å². The molecule has 5 heteroatoms. The molecule has 0 heterocycles. The van der Waals surface area contributed by atoms with Crippen LogP contribution in [-0.4, -0.2) is 15.0 Å². The highest BCUT2D eigenvalue weighted by Crippen LogP contribution is 2.17. The third-order valence-corrected chi connectivity index (χ3v) is 4.65. The summed E-state index contributed by atoms with van der Waals surface area (Å²) >= 11 is 3.27. The Morgan fingerprint density at radius 3 is 2.25 bits per heavy atom. The van der Waals surface area contributed by atoms with Crippen LogP contribution in [0.5, 0.6) is 0 Å². The molecule has 0 aromatic heterocycles. The average molecular weight is 355 g/mol. The van der Waals surface area contributed by atoms with Crippen LogP contribution < -0.4 is 0 Å². The molecule has 0 spiro atoms. The molecule has 0 saturated carbocycles. The minimum absolute atomic E-state index is 0.181. The van der Waals surface area contributed by atoms with Crippen LogP contribution in [0, 0.1) is 0 Å². The molecule has 3 nitrogen and oxygen atoms in total. The third-order valence-electron chi connectivity index (χ3n) is 2.79. The summed E-state index contributed by atoms with van der Waals surface area (Å²) in [5.41, 5.74) is 1.18. The lowest BCUT2D eigenvalue weighted by atomic mass is 10.1. The maximum Gasteiger partial charge on any atom is 0.296 e. The first kappa shape index (κ1) is 15.2. The normalized spacial score (nSPS) is 11.4. The van der Waals surface area contributed by atoms with Crippen LogP contribution in [0.4, 0.5) is 0 Å². The summed E-state index contributed by atoms with van der Waals surface area (Å²) in [5, 5.41) is 0. The van der Waals surface area contributed by atoms with Crippen LogP contribution in [0.2, 0.25) is 0 Å². The van der Waals surface area contributed by atoms with Crippen molar-refractivity contribution in [1.82, 2.24) is 0 Å². The van der Waals surface area contributed by atoms with Crippen LogP contribution in [-0.2, 0) is 20.7 Å². The summed E-state index contributed by atoms with van der Waals surface area (Å²) in [4.78, 5) is 0.181. The molecule has 2 aromatic carbocycles. The van der Waals surface area contributed by atoms with E-state index in [-0.39, 0.29) is 11.5 Å². The smallest absolute Gasteiger partial charge is 0.266 e. The van der Waals surface area contributed by atoms with Crippen LogP contribution in [0.1, 0.15) is 12.0 Å². The molecule has 20 heavy (non-hydrogen) atoms. The summed E-state index contributed by atoms with van der Waals surface area (Å²) in [7, 11) is -3.65. The monoisotopic (exact) mass is 354 g/mol. The van der Waals surface area contributed by atoms with Crippen molar-refractivity contribution in [3.63, 3.8) is 0 Å². The molecule has 0 fully saturated rings. The van der Waals surface area contributed by atoms with E-state index >= 15 is 0 Å². The molecule has 0 unspecified atom stereocenters. The molecule has 2 aromatic rings. The second-order valence-electron chi connectivity index (χ2n) is 4.32. The largest absolute Gasteiger partial charge is 0.296 e. The highest BCUT2D eigenvalue weighted by atomic mass is 79.9. The van der Waals surface area contributed by atoms with Crippen LogP contribution in [0.15, 0.2) is 64.0 Å². The van der Waals surface area contributed by atoms with Crippen LogP contribution >= 0.6 is 15.9 Å². The number of benzene rings is 2. The van der Waals surface area contributed by atoms with Gasteiger partial charge in [-0.3, -0.25) is 4.18 Å². The zero-order chi connectivity index (χ0) is 14.4. The minimum Gasteiger partial charge on any atom is -0.266 e. The Labute approximate surface area is 127 Å². The third kappa shape index (κ3) is 4.44. The fraction of sp³-hybridized carbons (Fsp3) is 0.200. The topological polar surface area (TPSA) is 43.4 Å². The molecule has 0 bridgehead atoms. The fourth-order valence-electron chi connectivity index (χ4n) is 1.76. The molecule has 0 aliphatic carbocycles. The Bertz CT molecular complexity index is 637. The molecule has 0 aliphatic rings. The summed E-state index contributed by atoms with van der Waals surface area (Å²) in [6.07, 6.45) is 1.47. The van der Waals surface area contributed by atoms with Gasteiger partial charge in [-0.15, -0.1) is 0 Å². The second kappa shape index (κ2) is 7.02. The van der Waals surface area contributed by atoms with E-state index in [1.54, 1.807) is 12.1 Å². The van der Waals surface area contributed by atoms with Crippen molar-refractivity contribution in [2.75, 3.05) is 6.61 Å². The van der Waals surface area contributed by atoms with Gasteiger partial charge in [0.05, 0.1) is 11.5 Å². The van der Waals surface area contributed by atoms with Crippen molar-refractivity contribution >= 4 is 26.0 Å². The fourth-order valence-corrected chi connectivity index (χ4v) is 2.97. The first-order valence-corrected chi connectivity index (χ1v) is 8.47. The van der Waals surface area contributed by atoms with Crippen molar-refractivity contribution in [3.8, 4) is 0 Å². The molecule has 0 radical (unpaired) electrons. The average Bonchev–Trinajstić information content (AvgIpc) is 2.45. The zero-order valence-corrected chi connectivity index (χ0v) is 13.2. The SMILES string of the molecule is O=S(=O)(OCCCc1ccccc1)c1ccc(Br)cc1. The number of hydrogen-bond acceptors (Lipinski definition) is 3.